The van der Waals surface area contributed by atoms with Gasteiger partial charge in [0.05, 0.1) is 12.6 Å². The second-order valence-corrected chi connectivity index (χ2v) is 7.24. The highest BCUT2D eigenvalue weighted by Gasteiger charge is 2.25. The highest BCUT2D eigenvalue weighted by molar-refractivity contribution is 6.19. The molecular formula is C24H22N2O4. The van der Waals surface area contributed by atoms with Gasteiger partial charge in [0.1, 0.15) is 0 Å². The fourth-order valence-electron chi connectivity index (χ4n) is 4.01. The van der Waals surface area contributed by atoms with Crippen LogP contribution in [-0.4, -0.2) is 28.7 Å². The van der Waals surface area contributed by atoms with Crippen LogP contribution in [0.2, 0.25) is 0 Å². The van der Waals surface area contributed by atoms with Crippen molar-refractivity contribution in [3.05, 3.63) is 82.9 Å². The lowest BCUT2D eigenvalue weighted by molar-refractivity contribution is -0.150. The molecule has 152 valence electrons. The number of carbonyl (C=O) groups is 2. The Morgan fingerprint density at radius 2 is 1.67 bits per heavy atom. The van der Waals surface area contributed by atoms with Gasteiger partial charge >= 0.3 is 5.97 Å². The van der Waals surface area contributed by atoms with Crippen LogP contribution in [0.3, 0.4) is 0 Å². The molecule has 1 atom stereocenters. The average molecular weight is 402 g/mol. The molecule has 1 heterocycles. The van der Waals surface area contributed by atoms with Crippen molar-refractivity contribution in [2.45, 2.75) is 19.6 Å². The van der Waals surface area contributed by atoms with Gasteiger partial charge in [0.25, 0.3) is 0 Å². The molecular weight excluding hydrogens is 380 g/mol. The third-order valence-corrected chi connectivity index (χ3v) is 5.52. The van der Waals surface area contributed by atoms with Crippen LogP contribution in [0.1, 0.15) is 33.2 Å². The van der Waals surface area contributed by atoms with Crippen molar-refractivity contribution >= 4 is 33.7 Å². The molecule has 4 aromatic rings. The number of esters is 1. The van der Waals surface area contributed by atoms with Crippen molar-refractivity contribution in [3.8, 4) is 0 Å². The number of ether oxygens (including phenoxy) is 1. The molecule has 1 aromatic heterocycles. The monoisotopic (exact) mass is 402 g/mol. The van der Waals surface area contributed by atoms with Gasteiger partial charge in [-0.05, 0) is 36.2 Å². The van der Waals surface area contributed by atoms with E-state index in [1.54, 1.807) is 24.3 Å². The van der Waals surface area contributed by atoms with E-state index in [0.717, 1.165) is 22.2 Å². The minimum absolute atomic E-state index is 0.338. The summed E-state index contributed by atoms with van der Waals surface area (Å²) in [5.74, 6) is -1.34. The van der Waals surface area contributed by atoms with Crippen molar-refractivity contribution in [2.75, 3.05) is 7.11 Å². The number of primary amides is 1. The van der Waals surface area contributed by atoms with Gasteiger partial charge in [-0.15, -0.1) is 0 Å². The van der Waals surface area contributed by atoms with E-state index in [1.807, 2.05) is 37.3 Å². The van der Waals surface area contributed by atoms with Crippen LogP contribution >= 0.6 is 0 Å². The smallest absolute Gasteiger partial charge is 0.339 e. The van der Waals surface area contributed by atoms with Gasteiger partial charge in [-0.3, -0.25) is 4.79 Å². The standard InChI is InChI=1S/C24H22N2O4/c1-14-7-3-4-8-15(14)13-26-18-11-5-9-16(22(27)24(29)30-2)20(18)21-17(23(25)28)10-6-12-19(21)26/h3-12,22,27H,13H2,1-2H3,(H2,25,28). The Morgan fingerprint density at radius 1 is 1.00 bits per heavy atom. The maximum atomic E-state index is 12.2. The third-order valence-electron chi connectivity index (χ3n) is 5.52. The van der Waals surface area contributed by atoms with E-state index in [0.29, 0.717) is 28.4 Å². The molecule has 0 aliphatic carbocycles. The summed E-state index contributed by atoms with van der Waals surface area (Å²) in [6, 6.07) is 18.8. The molecule has 0 fully saturated rings. The average Bonchev–Trinajstić information content (AvgIpc) is 3.08. The van der Waals surface area contributed by atoms with Crippen LogP contribution in [-0.2, 0) is 16.1 Å². The van der Waals surface area contributed by atoms with Gasteiger partial charge in [-0.25, -0.2) is 4.79 Å². The van der Waals surface area contributed by atoms with Crippen LogP contribution in [0.5, 0.6) is 0 Å². The lowest BCUT2D eigenvalue weighted by Gasteiger charge is -2.12. The molecule has 1 unspecified atom stereocenters. The van der Waals surface area contributed by atoms with Crippen molar-refractivity contribution < 1.29 is 19.4 Å². The second kappa shape index (κ2) is 7.65. The largest absolute Gasteiger partial charge is 0.467 e. The number of aromatic nitrogens is 1. The Morgan fingerprint density at radius 3 is 2.33 bits per heavy atom. The fourth-order valence-corrected chi connectivity index (χ4v) is 4.01. The van der Waals surface area contributed by atoms with E-state index in [2.05, 4.69) is 10.6 Å². The molecule has 0 aliphatic rings. The van der Waals surface area contributed by atoms with Gasteiger partial charge < -0.3 is 20.1 Å². The summed E-state index contributed by atoms with van der Waals surface area (Å²) in [6.07, 6.45) is -1.47. The number of fused-ring (bicyclic) bond motifs is 3. The molecule has 3 aromatic carbocycles. The quantitative estimate of drug-likeness (QED) is 0.500. The first-order valence-electron chi connectivity index (χ1n) is 9.58. The zero-order valence-electron chi connectivity index (χ0n) is 16.8. The van der Waals surface area contributed by atoms with Gasteiger partial charge in [0.2, 0.25) is 5.91 Å². The van der Waals surface area contributed by atoms with Crippen molar-refractivity contribution in [3.63, 3.8) is 0 Å². The first-order valence-corrected chi connectivity index (χ1v) is 9.58. The molecule has 4 rings (SSSR count). The summed E-state index contributed by atoms with van der Waals surface area (Å²) < 4.78 is 6.81. The van der Waals surface area contributed by atoms with E-state index < -0.39 is 18.0 Å². The van der Waals surface area contributed by atoms with Crippen LogP contribution in [0, 0.1) is 6.92 Å². The number of aliphatic hydroxyl groups excluding tert-OH is 1. The zero-order chi connectivity index (χ0) is 21.4. The van der Waals surface area contributed by atoms with Crippen molar-refractivity contribution in [2.24, 2.45) is 5.73 Å². The number of aryl methyl sites for hydroxylation is 1. The number of nitrogens with two attached hydrogens (primary N) is 1. The van der Waals surface area contributed by atoms with Crippen LogP contribution in [0.15, 0.2) is 60.7 Å². The van der Waals surface area contributed by atoms with Gasteiger partial charge in [-0.2, -0.15) is 0 Å². The lowest BCUT2D eigenvalue weighted by atomic mass is 9.99. The SMILES string of the molecule is COC(=O)C(O)c1cccc2c1c1c(C(N)=O)cccc1n2Cc1ccccc1C. The normalized spacial score (nSPS) is 12.2. The summed E-state index contributed by atoms with van der Waals surface area (Å²) in [5.41, 5.74) is 10.2. The van der Waals surface area contributed by atoms with Crippen molar-refractivity contribution in [1.29, 1.82) is 0 Å². The van der Waals surface area contributed by atoms with E-state index in [4.69, 9.17) is 10.5 Å². The van der Waals surface area contributed by atoms with Gasteiger partial charge in [0, 0.05) is 34.0 Å². The zero-order valence-corrected chi connectivity index (χ0v) is 16.8. The first kappa shape index (κ1) is 19.7. The summed E-state index contributed by atoms with van der Waals surface area (Å²) in [5, 5.41) is 11.9. The molecule has 0 aliphatic heterocycles. The van der Waals surface area contributed by atoms with E-state index in [-0.39, 0.29) is 0 Å². The van der Waals surface area contributed by atoms with E-state index in [9.17, 15) is 14.7 Å². The molecule has 30 heavy (non-hydrogen) atoms. The molecule has 1 amide bonds. The first-order chi connectivity index (χ1) is 14.4. The lowest BCUT2D eigenvalue weighted by Crippen LogP contribution is -2.14. The highest BCUT2D eigenvalue weighted by Crippen LogP contribution is 2.37. The third kappa shape index (κ3) is 3.11. The van der Waals surface area contributed by atoms with Crippen LogP contribution in [0.25, 0.3) is 21.8 Å². The summed E-state index contributed by atoms with van der Waals surface area (Å²) in [7, 11) is 1.22. The number of nitrogens with zero attached hydrogens (tertiary/aromatic N) is 1. The molecule has 6 heteroatoms. The van der Waals surface area contributed by atoms with Gasteiger partial charge in [-0.1, -0.05) is 42.5 Å². The predicted octanol–water partition coefficient (Wildman–Crippen LogP) is 3.46. The second-order valence-electron chi connectivity index (χ2n) is 7.24. The minimum atomic E-state index is -1.47. The molecule has 6 nitrogen and oxygen atoms in total. The molecule has 3 N–H and O–H groups in total. The Labute approximate surface area is 173 Å². The Hall–Kier alpha value is -3.64. The number of hydrogen-bond acceptors (Lipinski definition) is 4. The number of methoxy groups -OCH3 is 1. The van der Waals surface area contributed by atoms with E-state index >= 15 is 0 Å². The molecule has 0 bridgehead atoms. The molecule has 0 saturated carbocycles. The Bertz CT molecular complexity index is 1290. The van der Waals surface area contributed by atoms with E-state index in [1.165, 1.54) is 7.11 Å². The highest BCUT2D eigenvalue weighted by atomic mass is 16.5. The number of benzene rings is 3. The molecule has 0 spiro atoms. The molecule has 0 saturated heterocycles. The maximum Gasteiger partial charge on any atom is 0.339 e. The van der Waals surface area contributed by atoms with Crippen molar-refractivity contribution in [1.82, 2.24) is 4.57 Å². The number of hydrogen-bond donors (Lipinski definition) is 2. The summed E-state index contributed by atoms with van der Waals surface area (Å²) in [4.78, 5) is 24.3. The Balaban J connectivity index is 2.10. The summed E-state index contributed by atoms with van der Waals surface area (Å²) >= 11 is 0. The van der Waals surface area contributed by atoms with Crippen LogP contribution in [0.4, 0.5) is 0 Å². The number of carbonyl (C=O) groups excluding carboxylic acids is 2. The predicted molar refractivity (Wildman–Crippen MR) is 115 cm³/mol. The minimum Gasteiger partial charge on any atom is -0.467 e. The van der Waals surface area contributed by atoms with Gasteiger partial charge in [0.15, 0.2) is 6.10 Å². The number of rotatable bonds is 5. The topological polar surface area (TPSA) is 94.6 Å². The Kier molecular flexibility index (Phi) is 5.01. The number of amides is 1. The fraction of sp³-hybridized carbons (Fsp3) is 0.167. The summed E-state index contributed by atoms with van der Waals surface area (Å²) in [6.45, 7) is 2.61. The number of aliphatic hydroxyl groups is 1. The van der Waals surface area contributed by atoms with Crippen LogP contribution < -0.4 is 5.73 Å². The molecule has 0 radical (unpaired) electrons. The maximum absolute atomic E-state index is 12.2.